The predicted octanol–water partition coefficient (Wildman–Crippen LogP) is 6.36. The summed E-state index contributed by atoms with van der Waals surface area (Å²) in [6, 6.07) is 21.6. The highest BCUT2D eigenvalue weighted by atomic mass is 79.9. The molecular weight excluding hydrogens is 540 g/mol. The molecule has 1 fully saturated rings. The molecule has 172 valence electrons. The van der Waals surface area contributed by atoms with Gasteiger partial charge in [-0.2, -0.15) is 0 Å². The van der Waals surface area contributed by atoms with Gasteiger partial charge in [0.15, 0.2) is 0 Å². The Kier molecular flexibility index (Phi) is 7.72. The van der Waals surface area contributed by atoms with Gasteiger partial charge in [-0.3, -0.25) is 19.3 Å². The summed E-state index contributed by atoms with van der Waals surface area (Å²) in [7, 11) is 0. The highest BCUT2D eigenvalue weighted by Gasteiger charge is 2.36. The Morgan fingerprint density at radius 3 is 2.53 bits per heavy atom. The number of rotatable bonds is 7. The van der Waals surface area contributed by atoms with Gasteiger partial charge in [-0.05, 0) is 65.9 Å². The van der Waals surface area contributed by atoms with Crippen molar-refractivity contribution in [2.45, 2.75) is 6.61 Å². The molecule has 34 heavy (non-hydrogen) atoms. The van der Waals surface area contributed by atoms with Crippen molar-refractivity contribution in [3.63, 3.8) is 0 Å². The molecule has 3 aromatic rings. The normalized spacial score (nSPS) is 14.5. The van der Waals surface area contributed by atoms with Crippen LogP contribution in [0.15, 0.2) is 82.2 Å². The number of halogens is 2. The molecule has 3 aromatic carbocycles. The molecule has 1 aliphatic rings. The zero-order valence-electron chi connectivity index (χ0n) is 17.7. The fraction of sp³-hybridized carbons (Fsp3) is 0.0800. The van der Waals surface area contributed by atoms with Crippen LogP contribution >= 0.6 is 39.3 Å². The molecule has 0 aromatic heterocycles. The van der Waals surface area contributed by atoms with Gasteiger partial charge in [0.05, 0.1) is 4.91 Å². The minimum Gasteiger partial charge on any atom is -0.488 e. The molecule has 1 aliphatic heterocycles. The van der Waals surface area contributed by atoms with E-state index in [2.05, 4.69) is 21.2 Å². The summed E-state index contributed by atoms with van der Waals surface area (Å²) in [4.78, 5) is 38.8. The zero-order chi connectivity index (χ0) is 24.1. The lowest BCUT2D eigenvalue weighted by Gasteiger charge is -2.12. The monoisotopic (exact) mass is 556 g/mol. The first-order valence-electron chi connectivity index (χ1n) is 10.2. The number of thioether (sulfide) groups is 1. The van der Waals surface area contributed by atoms with Crippen LogP contribution in [0.1, 0.15) is 11.1 Å². The van der Waals surface area contributed by atoms with Gasteiger partial charge in [0.25, 0.3) is 11.1 Å². The number of hydrogen-bond donors (Lipinski definition) is 1. The fourth-order valence-corrected chi connectivity index (χ4v) is 4.48. The van der Waals surface area contributed by atoms with Gasteiger partial charge in [0.2, 0.25) is 5.91 Å². The molecule has 0 unspecified atom stereocenters. The Hall–Kier alpha value is -3.07. The van der Waals surface area contributed by atoms with E-state index in [1.807, 2.05) is 24.3 Å². The van der Waals surface area contributed by atoms with Crippen LogP contribution in [0.3, 0.4) is 0 Å². The van der Waals surface area contributed by atoms with Crippen molar-refractivity contribution in [1.82, 2.24) is 4.90 Å². The van der Waals surface area contributed by atoms with Crippen molar-refractivity contribution in [2.75, 3.05) is 11.9 Å². The van der Waals surface area contributed by atoms with Crippen molar-refractivity contribution >= 4 is 68.1 Å². The smallest absolute Gasteiger partial charge is 0.294 e. The summed E-state index contributed by atoms with van der Waals surface area (Å²) in [6.45, 7) is -0.0594. The van der Waals surface area contributed by atoms with Crippen LogP contribution in [0, 0.1) is 0 Å². The Labute approximate surface area is 214 Å². The van der Waals surface area contributed by atoms with Gasteiger partial charge in [-0.1, -0.05) is 57.9 Å². The molecular formula is C25H18BrClN2O4S. The number of amides is 3. The lowest BCUT2D eigenvalue weighted by atomic mass is 10.1. The Balaban J connectivity index is 1.48. The summed E-state index contributed by atoms with van der Waals surface area (Å²) in [5.41, 5.74) is 2.15. The number of hydrogen-bond acceptors (Lipinski definition) is 5. The second kappa shape index (κ2) is 10.9. The largest absolute Gasteiger partial charge is 0.488 e. The number of para-hydroxylation sites is 1. The first kappa shape index (κ1) is 24.1. The molecule has 0 radical (unpaired) electrons. The molecule has 9 heteroatoms. The minimum atomic E-state index is -0.526. The van der Waals surface area contributed by atoms with Crippen molar-refractivity contribution in [2.24, 2.45) is 0 Å². The number of nitrogens with zero attached hydrogens (tertiary/aromatic N) is 1. The van der Waals surface area contributed by atoms with Crippen LogP contribution in [0.2, 0.25) is 5.02 Å². The Morgan fingerprint density at radius 1 is 1.06 bits per heavy atom. The average molecular weight is 558 g/mol. The molecule has 1 N–H and O–H groups in total. The lowest BCUT2D eigenvalue weighted by Crippen LogP contribution is -2.36. The second-order valence-corrected chi connectivity index (χ2v) is 9.62. The third-order valence-corrected chi connectivity index (χ3v) is 6.45. The van der Waals surface area contributed by atoms with Crippen molar-refractivity contribution in [3.05, 3.63) is 98.3 Å². The van der Waals surface area contributed by atoms with Gasteiger partial charge in [-0.25, -0.2) is 0 Å². The van der Waals surface area contributed by atoms with Crippen LogP contribution in [-0.2, 0) is 16.2 Å². The molecule has 0 aliphatic carbocycles. The van der Waals surface area contributed by atoms with E-state index in [0.29, 0.717) is 28.6 Å². The highest BCUT2D eigenvalue weighted by Crippen LogP contribution is 2.35. The third-order valence-electron chi connectivity index (χ3n) is 4.80. The zero-order valence-corrected chi connectivity index (χ0v) is 20.8. The molecule has 1 heterocycles. The average Bonchev–Trinajstić information content (AvgIpc) is 3.07. The van der Waals surface area contributed by atoms with Crippen molar-refractivity contribution in [3.8, 4) is 5.75 Å². The SMILES string of the molecule is O=C(CN1C(=O)S/C(=C\c2cc(Br)ccc2OCc2ccc(Cl)cc2)C1=O)Nc1ccccc1. The standard InChI is InChI=1S/C25H18BrClN2O4S/c26-18-8-11-21(33-15-16-6-9-19(27)10-7-16)17(12-18)13-22-24(31)29(25(32)34-22)14-23(30)28-20-4-2-1-3-5-20/h1-13H,14-15H2,(H,28,30)/b22-13-. The van der Waals surface area contributed by atoms with E-state index in [-0.39, 0.29) is 11.4 Å². The highest BCUT2D eigenvalue weighted by molar-refractivity contribution is 9.10. The number of carbonyl (C=O) groups excluding carboxylic acids is 3. The topological polar surface area (TPSA) is 75.7 Å². The molecule has 0 saturated carbocycles. The van der Waals surface area contributed by atoms with E-state index < -0.39 is 17.1 Å². The van der Waals surface area contributed by atoms with Crippen LogP contribution in [0.5, 0.6) is 5.75 Å². The number of imide groups is 1. The molecule has 1 saturated heterocycles. The van der Waals surface area contributed by atoms with Gasteiger partial charge in [0, 0.05) is 20.7 Å². The number of carbonyl (C=O) groups is 3. The Bertz CT molecular complexity index is 1270. The van der Waals surface area contributed by atoms with Crippen LogP contribution in [0.4, 0.5) is 10.5 Å². The van der Waals surface area contributed by atoms with Crippen LogP contribution in [0.25, 0.3) is 6.08 Å². The predicted molar refractivity (Wildman–Crippen MR) is 138 cm³/mol. The molecule has 0 spiro atoms. The number of anilines is 1. The van der Waals surface area contributed by atoms with Gasteiger partial charge < -0.3 is 10.1 Å². The maximum absolute atomic E-state index is 12.9. The van der Waals surface area contributed by atoms with E-state index in [1.54, 1.807) is 54.6 Å². The van der Waals surface area contributed by atoms with Crippen LogP contribution < -0.4 is 10.1 Å². The number of benzene rings is 3. The summed E-state index contributed by atoms with van der Waals surface area (Å²) in [5.74, 6) is -0.433. The summed E-state index contributed by atoms with van der Waals surface area (Å²) >= 11 is 10.2. The first-order chi connectivity index (χ1) is 16.4. The maximum Gasteiger partial charge on any atom is 0.294 e. The van der Waals surface area contributed by atoms with Crippen molar-refractivity contribution < 1.29 is 19.1 Å². The van der Waals surface area contributed by atoms with E-state index in [0.717, 1.165) is 26.7 Å². The van der Waals surface area contributed by atoms with E-state index >= 15 is 0 Å². The van der Waals surface area contributed by atoms with Gasteiger partial charge in [-0.15, -0.1) is 0 Å². The van der Waals surface area contributed by atoms with E-state index in [1.165, 1.54) is 0 Å². The molecule has 0 bridgehead atoms. The number of ether oxygens (including phenoxy) is 1. The summed E-state index contributed by atoms with van der Waals surface area (Å²) in [6.07, 6.45) is 1.60. The summed E-state index contributed by atoms with van der Waals surface area (Å²) < 4.78 is 6.75. The molecule has 3 amide bonds. The van der Waals surface area contributed by atoms with Crippen molar-refractivity contribution in [1.29, 1.82) is 0 Å². The third kappa shape index (κ3) is 6.08. The second-order valence-electron chi connectivity index (χ2n) is 7.28. The molecule has 6 nitrogen and oxygen atoms in total. The van der Waals surface area contributed by atoms with Crippen LogP contribution in [-0.4, -0.2) is 28.5 Å². The summed E-state index contributed by atoms with van der Waals surface area (Å²) in [5, 5.41) is 2.82. The molecule has 4 rings (SSSR count). The Morgan fingerprint density at radius 2 is 1.79 bits per heavy atom. The van der Waals surface area contributed by atoms with E-state index in [9.17, 15) is 14.4 Å². The fourth-order valence-electron chi connectivity index (χ4n) is 3.15. The lowest BCUT2D eigenvalue weighted by molar-refractivity contribution is -0.127. The maximum atomic E-state index is 12.9. The molecule has 0 atom stereocenters. The van der Waals surface area contributed by atoms with E-state index in [4.69, 9.17) is 16.3 Å². The first-order valence-corrected chi connectivity index (χ1v) is 12.1. The van der Waals surface area contributed by atoms with Gasteiger partial charge >= 0.3 is 0 Å². The van der Waals surface area contributed by atoms with Gasteiger partial charge in [0.1, 0.15) is 18.9 Å². The minimum absolute atomic E-state index is 0.215. The quantitative estimate of drug-likeness (QED) is 0.342. The number of nitrogens with one attached hydrogen (secondary N) is 1.